The van der Waals surface area contributed by atoms with Gasteiger partial charge < -0.3 is 0 Å². The minimum absolute atomic E-state index is 0.251. The molecule has 0 radical (unpaired) electrons. The van der Waals surface area contributed by atoms with Crippen LogP contribution in [0.3, 0.4) is 0 Å². The number of benzene rings is 1. The molecule has 1 amide bonds. The van der Waals surface area contributed by atoms with Crippen LogP contribution in [0.15, 0.2) is 30.6 Å². The van der Waals surface area contributed by atoms with Gasteiger partial charge in [0.15, 0.2) is 0 Å². The van der Waals surface area contributed by atoms with E-state index in [-0.39, 0.29) is 11.9 Å². The molecule has 2 heterocycles. The van der Waals surface area contributed by atoms with E-state index in [0.717, 1.165) is 11.3 Å². The molecule has 2 aromatic heterocycles. The Balaban J connectivity index is 1.72. The maximum absolute atomic E-state index is 12.5. The fourth-order valence-electron chi connectivity index (χ4n) is 2.70. The van der Waals surface area contributed by atoms with Crippen molar-refractivity contribution in [3.63, 3.8) is 0 Å². The molecule has 0 bridgehead atoms. The Labute approximate surface area is 150 Å². The summed E-state index contributed by atoms with van der Waals surface area (Å²) in [7, 11) is 0. The number of halogens is 1. The first-order valence-corrected chi connectivity index (χ1v) is 8.35. The summed E-state index contributed by atoms with van der Waals surface area (Å²) in [6.07, 6.45) is 1.58. The molecular weight excluding hydrogens is 340 g/mol. The summed E-state index contributed by atoms with van der Waals surface area (Å²) in [4.78, 5) is 16.7. The number of aromatic nitrogens is 5. The van der Waals surface area contributed by atoms with Crippen molar-refractivity contribution < 1.29 is 4.79 Å². The van der Waals surface area contributed by atoms with Crippen molar-refractivity contribution in [1.82, 2.24) is 24.5 Å². The van der Waals surface area contributed by atoms with E-state index in [1.807, 2.05) is 45.0 Å². The predicted molar refractivity (Wildman–Crippen MR) is 95.9 cm³/mol. The molecule has 3 aromatic rings. The second kappa shape index (κ2) is 7.06. The van der Waals surface area contributed by atoms with Crippen molar-refractivity contribution in [2.45, 2.75) is 33.9 Å². The molecule has 8 heteroatoms. The number of amides is 1. The third-order valence-corrected chi connectivity index (χ3v) is 4.18. The molecule has 0 atom stereocenters. The molecule has 130 valence electrons. The monoisotopic (exact) mass is 358 g/mol. The van der Waals surface area contributed by atoms with Gasteiger partial charge in [0.1, 0.15) is 6.33 Å². The van der Waals surface area contributed by atoms with Crippen molar-refractivity contribution in [2.24, 2.45) is 0 Å². The topological polar surface area (TPSA) is 77.6 Å². The highest BCUT2D eigenvalue weighted by Gasteiger charge is 2.19. The molecule has 0 aliphatic rings. The van der Waals surface area contributed by atoms with Crippen LogP contribution in [-0.2, 0) is 13.1 Å². The van der Waals surface area contributed by atoms with Gasteiger partial charge in [-0.3, -0.25) is 14.8 Å². The third kappa shape index (κ3) is 3.71. The molecule has 0 aliphatic carbocycles. The van der Waals surface area contributed by atoms with Crippen LogP contribution in [0.25, 0.3) is 0 Å². The molecule has 7 nitrogen and oxygen atoms in total. The van der Waals surface area contributed by atoms with Crippen molar-refractivity contribution in [1.29, 1.82) is 0 Å². The van der Waals surface area contributed by atoms with E-state index >= 15 is 0 Å². The van der Waals surface area contributed by atoms with E-state index < -0.39 is 0 Å². The van der Waals surface area contributed by atoms with Crippen LogP contribution < -0.4 is 5.32 Å². The number of hydrogen-bond acceptors (Lipinski definition) is 4. The largest absolute Gasteiger partial charge is 0.289 e. The van der Waals surface area contributed by atoms with Crippen molar-refractivity contribution in [3.8, 4) is 0 Å². The zero-order valence-electron chi connectivity index (χ0n) is 14.3. The molecular formula is C17H19ClN6O. The summed E-state index contributed by atoms with van der Waals surface area (Å²) in [5, 5.41) is 12.1. The molecule has 25 heavy (non-hydrogen) atoms. The van der Waals surface area contributed by atoms with Gasteiger partial charge in [0.2, 0.25) is 5.95 Å². The summed E-state index contributed by atoms with van der Waals surface area (Å²) in [6, 6.07) is 7.50. The Morgan fingerprint density at radius 3 is 2.56 bits per heavy atom. The highest BCUT2D eigenvalue weighted by atomic mass is 35.5. The van der Waals surface area contributed by atoms with Crippen LogP contribution in [0, 0.1) is 13.8 Å². The number of carbonyl (C=O) groups excluding carboxylic acids is 1. The van der Waals surface area contributed by atoms with E-state index in [4.69, 9.17) is 11.6 Å². The molecule has 0 spiro atoms. The fraction of sp³-hybridized carbons (Fsp3) is 0.294. The van der Waals surface area contributed by atoms with Gasteiger partial charge in [-0.25, -0.2) is 9.67 Å². The summed E-state index contributed by atoms with van der Waals surface area (Å²) < 4.78 is 3.46. The molecule has 1 N–H and O–H groups in total. The lowest BCUT2D eigenvalue weighted by Crippen LogP contribution is -2.15. The van der Waals surface area contributed by atoms with Gasteiger partial charge in [0.05, 0.1) is 17.8 Å². The van der Waals surface area contributed by atoms with E-state index in [2.05, 4.69) is 20.5 Å². The normalized spacial score (nSPS) is 10.9. The second-order valence-electron chi connectivity index (χ2n) is 5.71. The SMILES string of the molecule is CCn1nc(C)c(C(=O)Nc2ncn(Cc3ccc(Cl)cc3)n2)c1C. The van der Waals surface area contributed by atoms with E-state index in [9.17, 15) is 4.79 Å². The predicted octanol–water partition coefficient (Wildman–Crippen LogP) is 3.07. The molecule has 0 saturated carbocycles. The zero-order chi connectivity index (χ0) is 18.0. The average Bonchev–Trinajstić information content (AvgIpc) is 3.13. The van der Waals surface area contributed by atoms with Crippen LogP contribution >= 0.6 is 11.6 Å². The van der Waals surface area contributed by atoms with Gasteiger partial charge in [-0.05, 0) is 38.5 Å². The maximum Gasteiger partial charge on any atom is 0.261 e. The molecule has 3 rings (SSSR count). The van der Waals surface area contributed by atoms with Crippen LogP contribution in [0.1, 0.15) is 34.2 Å². The minimum atomic E-state index is -0.251. The van der Waals surface area contributed by atoms with Gasteiger partial charge in [-0.2, -0.15) is 5.10 Å². The summed E-state index contributed by atoms with van der Waals surface area (Å²) in [6.45, 7) is 6.95. The number of rotatable bonds is 5. The number of carbonyl (C=O) groups is 1. The molecule has 0 unspecified atom stereocenters. The van der Waals surface area contributed by atoms with Crippen molar-refractivity contribution in [2.75, 3.05) is 5.32 Å². The first-order valence-electron chi connectivity index (χ1n) is 7.97. The molecule has 0 saturated heterocycles. The zero-order valence-corrected chi connectivity index (χ0v) is 15.1. The lowest BCUT2D eigenvalue weighted by atomic mass is 10.2. The Morgan fingerprint density at radius 2 is 1.92 bits per heavy atom. The van der Waals surface area contributed by atoms with Crippen molar-refractivity contribution in [3.05, 3.63) is 58.1 Å². The standard InChI is InChI=1S/C17H19ClN6O/c1-4-24-12(3)15(11(2)21-24)16(25)20-17-19-10-23(22-17)9-13-5-7-14(18)8-6-13/h5-8,10H,4,9H2,1-3H3,(H,20,22,25). The summed E-state index contributed by atoms with van der Waals surface area (Å²) in [5.74, 6) is 0.0148. The van der Waals surface area contributed by atoms with E-state index in [0.29, 0.717) is 29.4 Å². The Bertz CT molecular complexity index is 897. The second-order valence-corrected chi connectivity index (χ2v) is 6.14. The van der Waals surface area contributed by atoms with Crippen LogP contribution in [0.4, 0.5) is 5.95 Å². The number of hydrogen-bond donors (Lipinski definition) is 1. The van der Waals surface area contributed by atoms with Gasteiger partial charge >= 0.3 is 0 Å². The van der Waals surface area contributed by atoms with Gasteiger partial charge in [0.25, 0.3) is 5.91 Å². The Hall–Kier alpha value is -2.67. The fourth-order valence-corrected chi connectivity index (χ4v) is 2.83. The summed E-state index contributed by atoms with van der Waals surface area (Å²) in [5.41, 5.74) is 3.13. The van der Waals surface area contributed by atoms with Crippen LogP contribution in [0.5, 0.6) is 0 Å². The Kier molecular flexibility index (Phi) is 4.85. The highest BCUT2D eigenvalue weighted by Crippen LogP contribution is 2.15. The lowest BCUT2D eigenvalue weighted by Gasteiger charge is -2.03. The van der Waals surface area contributed by atoms with E-state index in [1.54, 1.807) is 15.7 Å². The number of nitrogens with one attached hydrogen (secondary N) is 1. The number of aryl methyl sites for hydroxylation is 2. The average molecular weight is 359 g/mol. The van der Waals surface area contributed by atoms with E-state index in [1.165, 1.54) is 0 Å². The van der Waals surface area contributed by atoms with Crippen molar-refractivity contribution >= 4 is 23.5 Å². The molecule has 0 aliphatic heterocycles. The first-order chi connectivity index (χ1) is 12.0. The van der Waals surface area contributed by atoms with Gasteiger partial charge in [-0.15, -0.1) is 5.10 Å². The lowest BCUT2D eigenvalue weighted by molar-refractivity contribution is 0.102. The quantitative estimate of drug-likeness (QED) is 0.760. The Morgan fingerprint density at radius 1 is 1.20 bits per heavy atom. The maximum atomic E-state index is 12.5. The minimum Gasteiger partial charge on any atom is -0.289 e. The van der Waals surface area contributed by atoms with Crippen LogP contribution in [0.2, 0.25) is 5.02 Å². The van der Waals surface area contributed by atoms with Crippen LogP contribution in [-0.4, -0.2) is 30.5 Å². The highest BCUT2D eigenvalue weighted by molar-refractivity contribution is 6.30. The molecule has 0 fully saturated rings. The molecule has 1 aromatic carbocycles. The number of anilines is 1. The smallest absolute Gasteiger partial charge is 0.261 e. The van der Waals surface area contributed by atoms with Gasteiger partial charge in [-0.1, -0.05) is 23.7 Å². The first kappa shape index (κ1) is 17.2. The number of nitrogens with zero attached hydrogens (tertiary/aromatic N) is 5. The third-order valence-electron chi connectivity index (χ3n) is 3.93. The van der Waals surface area contributed by atoms with Gasteiger partial charge in [0, 0.05) is 17.3 Å². The summed E-state index contributed by atoms with van der Waals surface area (Å²) >= 11 is 5.88.